The van der Waals surface area contributed by atoms with E-state index in [2.05, 4.69) is 4.99 Å². The minimum atomic E-state index is -0.340. The molecule has 0 unspecified atom stereocenters. The van der Waals surface area contributed by atoms with Crippen LogP contribution in [-0.4, -0.2) is 44.0 Å². The summed E-state index contributed by atoms with van der Waals surface area (Å²) in [4.78, 5) is 18.0. The van der Waals surface area contributed by atoms with Crippen molar-refractivity contribution in [3.63, 3.8) is 0 Å². The van der Waals surface area contributed by atoms with E-state index < -0.39 is 0 Å². The summed E-state index contributed by atoms with van der Waals surface area (Å²) in [6, 6.07) is 11.0. The molecule has 8 heteroatoms. The number of hydrogen-bond donors (Lipinski definition) is 0. The molecule has 1 amide bonds. The topological polar surface area (TPSA) is 71.3 Å². The second kappa shape index (κ2) is 11.0. The van der Waals surface area contributed by atoms with Gasteiger partial charge in [-0.15, -0.1) is 0 Å². The van der Waals surface area contributed by atoms with E-state index in [-0.39, 0.29) is 5.91 Å². The molecule has 0 saturated carbocycles. The molecular weight excluding hydrogens is 416 g/mol. The van der Waals surface area contributed by atoms with Gasteiger partial charge >= 0.3 is 0 Å². The standard InChI is InChI=1S/C23H28N2O5S/c1-5-28-13-12-25-18-10-9-17(27-4)15-21(18)31-23(25)24-22(26)16-8-11-19(29-6-2)20(14-16)30-7-3/h8-11,14-15H,5-7,12-13H2,1-4H3. The quantitative estimate of drug-likeness (QED) is 0.436. The van der Waals surface area contributed by atoms with Gasteiger partial charge in [0.2, 0.25) is 0 Å². The minimum Gasteiger partial charge on any atom is -0.497 e. The monoisotopic (exact) mass is 444 g/mol. The van der Waals surface area contributed by atoms with E-state index in [9.17, 15) is 4.79 Å². The number of nitrogens with zero attached hydrogens (tertiary/aromatic N) is 2. The highest BCUT2D eigenvalue weighted by molar-refractivity contribution is 7.16. The largest absolute Gasteiger partial charge is 0.497 e. The molecule has 0 atom stereocenters. The molecule has 0 aliphatic heterocycles. The maximum absolute atomic E-state index is 13.0. The first kappa shape index (κ1) is 22.8. The molecule has 1 aromatic heterocycles. The molecule has 3 aromatic rings. The third-order valence-electron chi connectivity index (χ3n) is 4.54. The van der Waals surface area contributed by atoms with Gasteiger partial charge in [-0.1, -0.05) is 11.3 Å². The van der Waals surface area contributed by atoms with Gasteiger partial charge in [-0.2, -0.15) is 4.99 Å². The fraction of sp³-hybridized carbons (Fsp3) is 0.391. The van der Waals surface area contributed by atoms with Crippen LogP contribution in [0.25, 0.3) is 10.2 Å². The number of hydrogen-bond acceptors (Lipinski definition) is 6. The first-order chi connectivity index (χ1) is 15.1. The highest BCUT2D eigenvalue weighted by atomic mass is 32.1. The molecule has 3 rings (SSSR count). The lowest BCUT2D eigenvalue weighted by Crippen LogP contribution is -2.19. The molecule has 31 heavy (non-hydrogen) atoms. The van der Waals surface area contributed by atoms with Gasteiger partial charge in [0.05, 0.1) is 37.1 Å². The van der Waals surface area contributed by atoms with Crippen LogP contribution in [0.1, 0.15) is 31.1 Å². The molecular formula is C23H28N2O5S. The summed E-state index contributed by atoms with van der Waals surface area (Å²) in [5.74, 6) is 1.57. The zero-order chi connectivity index (χ0) is 22.2. The average Bonchev–Trinajstić information content (AvgIpc) is 3.11. The van der Waals surface area contributed by atoms with Gasteiger partial charge < -0.3 is 23.5 Å². The Morgan fingerprint density at radius 3 is 2.48 bits per heavy atom. The van der Waals surface area contributed by atoms with Crippen LogP contribution in [-0.2, 0) is 11.3 Å². The van der Waals surface area contributed by atoms with E-state index in [4.69, 9.17) is 18.9 Å². The van der Waals surface area contributed by atoms with Crippen LogP contribution in [0, 0.1) is 0 Å². The normalized spacial score (nSPS) is 11.7. The number of rotatable bonds is 10. The minimum absolute atomic E-state index is 0.340. The SMILES string of the molecule is CCOCCn1c(=NC(=O)c2ccc(OCC)c(OCC)c2)sc2cc(OC)ccc21. The molecule has 0 aliphatic rings. The van der Waals surface area contributed by atoms with Crippen molar-refractivity contribution >= 4 is 27.5 Å². The van der Waals surface area contributed by atoms with Crippen molar-refractivity contribution in [2.45, 2.75) is 27.3 Å². The van der Waals surface area contributed by atoms with Crippen molar-refractivity contribution in [3.8, 4) is 17.2 Å². The number of carbonyl (C=O) groups excluding carboxylic acids is 1. The Kier molecular flexibility index (Phi) is 8.08. The van der Waals surface area contributed by atoms with Gasteiger partial charge in [-0.05, 0) is 57.2 Å². The number of methoxy groups -OCH3 is 1. The van der Waals surface area contributed by atoms with Crippen molar-refractivity contribution in [3.05, 3.63) is 46.8 Å². The molecule has 1 heterocycles. The predicted octanol–water partition coefficient (Wildman–Crippen LogP) is 4.29. The van der Waals surface area contributed by atoms with Crippen LogP contribution in [0.15, 0.2) is 41.4 Å². The van der Waals surface area contributed by atoms with Crippen LogP contribution in [0.5, 0.6) is 17.2 Å². The second-order valence-corrected chi connectivity index (χ2v) is 7.52. The van der Waals surface area contributed by atoms with Gasteiger partial charge in [-0.25, -0.2) is 0 Å². The van der Waals surface area contributed by atoms with Gasteiger partial charge in [0, 0.05) is 18.7 Å². The number of thiazole rings is 1. The molecule has 0 radical (unpaired) electrons. The maximum Gasteiger partial charge on any atom is 0.279 e. The lowest BCUT2D eigenvalue weighted by atomic mass is 10.2. The number of aromatic nitrogens is 1. The van der Waals surface area contributed by atoms with Crippen LogP contribution >= 0.6 is 11.3 Å². The molecule has 0 bridgehead atoms. The predicted molar refractivity (Wildman–Crippen MR) is 122 cm³/mol. The highest BCUT2D eigenvalue weighted by Crippen LogP contribution is 2.29. The van der Waals surface area contributed by atoms with E-state index in [1.165, 1.54) is 11.3 Å². The van der Waals surface area contributed by atoms with Crippen molar-refractivity contribution in [2.75, 3.05) is 33.5 Å². The molecule has 2 aromatic carbocycles. The number of benzene rings is 2. The van der Waals surface area contributed by atoms with Crippen molar-refractivity contribution in [1.29, 1.82) is 0 Å². The summed E-state index contributed by atoms with van der Waals surface area (Å²) in [5.41, 5.74) is 1.43. The fourth-order valence-corrected chi connectivity index (χ4v) is 4.20. The molecule has 0 fully saturated rings. The van der Waals surface area contributed by atoms with E-state index in [1.807, 2.05) is 43.5 Å². The Hall–Kier alpha value is -2.84. The Bertz CT molecular complexity index is 1100. The van der Waals surface area contributed by atoms with E-state index in [1.54, 1.807) is 25.3 Å². The zero-order valence-corrected chi connectivity index (χ0v) is 19.2. The third-order valence-corrected chi connectivity index (χ3v) is 5.58. The zero-order valence-electron chi connectivity index (χ0n) is 18.3. The lowest BCUT2D eigenvalue weighted by Gasteiger charge is -2.11. The van der Waals surface area contributed by atoms with E-state index >= 15 is 0 Å². The lowest BCUT2D eigenvalue weighted by molar-refractivity contribution is 0.0996. The number of ether oxygens (including phenoxy) is 4. The van der Waals surface area contributed by atoms with E-state index in [0.29, 0.717) is 54.8 Å². The van der Waals surface area contributed by atoms with Crippen molar-refractivity contribution in [2.24, 2.45) is 4.99 Å². The summed E-state index contributed by atoms with van der Waals surface area (Å²) in [6.07, 6.45) is 0. The third kappa shape index (κ3) is 5.45. The van der Waals surface area contributed by atoms with Crippen LogP contribution in [0.2, 0.25) is 0 Å². The smallest absolute Gasteiger partial charge is 0.279 e. The summed E-state index contributed by atoms with van der Waals surface area (Å²) < 4.78 is 25.1. The van der Waals surface area contributed by atoms with Crippen LogP contribution in [0.4, 0.5) is 0 Å². The molecule has 0 saturated heterocycles. The van der Waals surface area contributed by atoms with Gasteiger partial charge in [0.1, 0.15) is 5.75 Å². The first-order valence-electron chi connectivity index (χ1n) is 10.3. The number of fused-ring (bicyclic) bond motifs is 1. The van der Waals surface area contributed by atoms with Crippen LogP contribution in [0.3, 0.4) is 0 Å². The van der Waals surface area contributed by atoms with Gasteiger partial charge in [0.15, 0.2) is 16.3 Å². The summed E-state index contributed by atoms with van der Waals surface area (Å²) in [5, 5.41) is 0. The molecule has 0 aliphatic carbocycles. The van der Waals surface area contributed by atoms with E-state index in [0.717, 1.165) is 16.0 Å². The Morgan fingerprint density at radius 2 is 1.77 bits per heavy atom. The molecule has 0 N–H and O–H groups in total. The Labute approximate surface area is 185 Å². The molecule has 0 spiro atoms. The molecule has 7 nitrogen and oxygen atoms in total. The summed E-state index contributed by atoms with van der Waals surface area (Å²) in [6.45, 7) is 8.51. The van der Waals surface area contributed by atoms with Gasteiger partial charge in [-0.3, -0.25) is 4.79 Å². The second-order valence-electron chi connectivity index (χ2n) is 6.51. The highest BCUT2D eigenvalue weighted by Gasteiger charge is 2.13. The fourth-order valence-electron chi connectivity index (χ4n) is 3.12. The van der Waals surface area contributed by atoms with Crippen LogP contribution < -0.4 is 19.0 Å². The average molecular weight is 445 g/mol. The maximum atomic E-state index is 13.0. The Balaban J connectivity index is 2.02. The molecule has 166 valence electrons. The van der Waals surface area contributed by atoms with Gasteiger partial charge in [0.25, 0.3) is 5.91 Å². The summed E-state index contributed by atoms with van der Waals surface area (Å²) in [7, 11) is 1.63. The Morgan fingerprint density at radius 1 is 1.00 bits per heavy atom. The summed E-state index contributed by atoms with van der Waals surface area (Å²) >= 11 is 1.44. The van der Waals surface area contributed by atoms with Crippen molar-refractivity contribution < 1.29 is 23.7 Å². The number of carbonyl (C=O) groups is 1. The first-order valence-corrected chi connectivity index (χ1v) is 11.2. The van der Waals surface area contributed by atoms with Crippen molar-refractivity contribution in [1.82, 2.24) is 4.57 Å². The number of amides is 1.